The number of amides is 1. The molecule has 0 rings (SSSR count). The van der Waals surface area contributed by atoms with Crippen LogP contribution in [-0.2, 0) is 4.74 Å². The van der Waals surface area contributed by atoms with Crippen LogP contribution in [0, 0.1) is 0 Å². The smallest absolute Gasteiger partial charge is 0.405 e. The van der Waals surface area contributed by atoms with Gasteiger partial charge in [-0.3, -0.25) is 0 Å². The van der Waals surface area contributed by atoms with E-state index in [0.717, 1.165) is 13.8 Å². The molecule has 0 bridgehead atoms. The summed E-state index contributed by atoms with van der Waals surface area (Å²) < 4.78 is 27.8. The maximum Gasteiger partial charge on any atom is 0.405 e. The van der Waals surface area contributed by atoms with Gasteiger partial charge in [-0.2, -0.15) is 0 Å². The average Bonchev–Trinajstić information content (AvgIpc) is 1.60. The standard InChI is InChI=1S/C5H9F2NO2/c1-5(2,3(6)7)10-4(8)9/h3H,1-2H3,(H2,8,9). The minimum Gasteiger partial charge on any atom is -0.438 e. The molecule has 0 aromatic heterocycles. The molecule has 0 aliphatic rings. The monoisotopic (exact) mass is 153 g/mol. The van der Waals surface area contributed by atoms with Crippen LogP contribution in [0.2, 0.25) is 0 Å². The molecule has 2 N–H and O–H groups in total. The van der Waals surface area contributed by atoms with E-state index in [1.54, 1.807) is 0 Å². The van der Waals surface area contributed by atoms with Crippen LogP contribution in [0.15, 0.2) is 0 Å². The van der Waals surface area contributed by atoms with Crippen LogP contribution in [0.3, 0.4) is 0 Å². The van der Waals surface area contributed by atoms with Gasteiger partial charge >= 0.3 is 6.09 Å². The first-order valence-corrected chi connectivity index (χ1v) is 2.63. The van der Waals surface area contributed by atoms with Crippen LogP contribution < -0.4 is 5.73 Å². The first kappa shape index (κ1) is 9.13. The average molecular weight is 153 g/mol. The van der Waals surface area contributed by atoms with Gasteiger partial charge in [0.25, 0.3) is 6.43 Å². The fourth-order valence-corrected chi connectivity index (χ4v) is 0.304. The molecule has 10 heavy (non-hydrogen) atoms. The van der Waals surface area contributed by atoms with Gasteiger partial charge < -0.3 is 10.5 Å². The largest absolute Gasteiger partial charge is 0.438 e. The number of primary amides is 1. The normalized spacial score (nSPS) is 11.7. The van der Waals surface area contributed by atoms with Crippen LogP contribution in [0.4, 0.5) is 13.6 Å². The van der Waals surface area contributed by atoms with E-state index in [0.29, 0.717) is 0 Å². The summed E-state index contributed by atoms with van der Waals surface area (Å²) in [5.41, 5.74) is 2.74. The molecule has 0 fully saturated rings. The summed E-state index contributed by atoms with van der Waals surface area (Å²) in [6, 6.07) is 0. The summed E-state index contributed by atoms with van der Waals surface area (Å²) in [6.07, 6.45) is -3.91. The second-order valence-electron chi connectivity index (χ2n) is 2.33. The summed E-state index contributed by atoms with van der Waals surface area (Å²) in [5, 5.41) is 0. The topological polar surface area (TPSA) is 52.3 Å². The molecule has 0 saturated heterocycles. The third-order valence-electron chi connectivity index (χ3n) is 0.889. The number of halogens is 2. The third-order valence-corrected chi connectivity index (χ3v) is 0.889. The maximum absolute atomic E-state index is 11.8. The molecule has 1 amide bonds. The lowest BCUT2D eigenvalue weighted by atomic mass is 10.1. The van der Waals surface area contributed by atoms with E-state index in [2.05, 4.69) is 10.5 Å². The van der Waals surface area contributed by atoms with E-state index in [1.807, 2.05) is 0 Å². The van der Waals surface area contributed by atoms with E-state index >= 15 is 0 Å². The highest BCUT2D eigenvalue weighted by atomic mass is 19.3. The van der Waals surface area contributed by atoms with Crippen molar-refractivity contribution in [3.63, 3.8) is 0 Å². The molecule has 0 spiro atoms. The Balaban J connectivity index is 3.99. The fourth-order valence-electron chi connectivity index (χ4n) is 0.304. The highest BCUT2D eigenvalue weighted by Crippen LogP contribution is 2.18. The van der Waals surface area contributed by atoms with Crippen LogP contribution in [0.25, 0.3) is 0 Å². The van der Waals surface area contributed by atoms with Gasteiger partial charge in [0.05, 0.1) is 0 Å². The number of carbonyl (C=O) groups is 1. The SMILES string of the molecule is CC(C)(OC(N)=O)C(F)F. The summed E-state index contributed by atoms with van der Waals surface area (Å²) in [5.74, 6) is 0. The first-order chi connectivity index (χ1) is 4.36. The number of rotatable bonds is 2. The lowest BCUT2D eigenvalue weighted by Crippen LogP contribution is -2.37. The van der Waals surface area contributed by atoms with Crippen molar-refractivity contribution in [2.75, 3.05) is 0 Å². The van der Waals surface area contributed by atoms with Crippen molar-refractivity contribution in [1.82, 2.24) is 0 Å². The second-order valence-corrected chi connectivity index (χ2v) is 2.33. The van der Waals surface area contributed by atoms with Crippen LogP contribution in [0.5, 0.6) is 0 Å². The van der Waals surface area contributed by atoms with E-state index in [1.165, 1.54) is 0 Å². The van der Waals surface area contributed by atoms with Crippen molar-refractivity contribution in [3.05, 3.63) is 0 Å². The minimum atomic E-state index is -2.72. The number of alkyl halides is 2. The molecule has 60 valence electrons. The van der Waals surface area contributed by atoms with Crippen molar-refractivity contribution < 1.29 is 18.3 Å². The zero-order chi connectivity index (χ0) is 8.36. The highest BCUT2D eigenvalue weighted by Gasteiger charge is 2.32. The van der Waals surface area contributed by atoms with Gasteiger partial charge in [0.1, 0.15) is 0 Å². The van der Waals surface area contributed by atoms with Gasteiger partial charge in [0.2, 0.25) is 0 Å². The number of hydrogen-bond donors (Lipinski definition) is 1. The minimum absolute atomic E-state index is 1.09. The third kappa shape index (κ3) is 2.61. The molecular formula is C5H9F2NO2. The van der Waals surface area contributed by atoms with Crippen molar-refractivity contribution >= 4 is 6.09 Å². The molecule has 0 heterocycles. The number of nitrogens with two attached hydrogens (primary N) is 1. The molecule has 0 aromatic carbocycles. The van der Waals surface area contributed by atoms with Crippen LogP contribution in [0.1, 0.15) is 13.8 Å². The number of hydrogen-bond acceptors (Lipinski definition) is 2. The van der Waals surface area contributed by atoms with Gasteiger partial charge in [-0.05, 0) is 13.8 Å². The molecule has 0 radical (unpaired) electrons. The van der Waals surface area contributed by atoms with Gasteiger partial charge in [-0.1, -0.05) is 0 Å². The van der Waals surface area contributed by atoms with Crippen LogP contribution in [-0.4, -0.2) is 18.1 Å². The van der Waals surface area contributed by atoms with E-state index in [-0.39, 0.29) is 0 Å². The van der Waals surface area contributed by atoms with Crippen molar-refractivity contribution in [2.45, 2.75) is 25.9 Å². The number of carbonyl (C=O) groups excluding carboxylic acids is 1. The second kappa shape index (κ2) is 2.81. The summed E-state index contributed by atoms with van der Waals surface area (Å²) >= 11 is 0. The first-order valence-electron chi connectivity index (χ1n) is 2.63. The van der Waals surface area contributed by atoms with Crippen LogP contribution >= 0.6 is 0 Å². The van der Waals surface area contributed by atoms with E-state index in [9.17, 15) is 13.6 Å². The Labute approximate surface area is 57.1 Å². The van der Waals surface area contributed by atoms with Crippen molar-refractivity contribution in [2.24, 2.45) is 5.73 Å². The number of ether oxygens (including phenoxy) is 1. The lowest BCUT2D eigenvalue weighted by molar-refractivity contribution is -0.0744. The molecule has 0 aliphatic carbocycles. The predicted molar refractivity (Wildman–Crippen MR) is 30.8 cm³/mol. The van der Waals surface area contributed by atoms with E-state index in [4.69, 9.17) is 0 Å². The predicted octanol–water partition coefficient (Wildman–Crippen LogP) is 1.13. The summed E-state index contributed by atoms with van der Waals surface area (Å²) in [7, 11) is 0. The Morgan fingerprint density at radius 3 is 2.10 bits per heavy atom. The van der Waals surface area contributed by atoms with E-state index < -0.39 is 18.1 Å². The highest BCUT2D eigenvalue weighted by molar-refractivity contribution is 5.65. The Kier molecular flexibility index (Phi) is 2.56. The van der Waals surface area contributed by atoms with Gasteiger partial charge in [0.15, 0.2) is 5.60 Å². The Bertz CT molecular complexity index is 136. The molecule has 0 aliphatic heterocycles. The zero-order valence-electron chi connectivity index (χ0n) is 5.73. The molecule has 0 saturated carbocycles. The summed E-state index contributed by atoms with van der Waals surface area (Å²) in [6.45, 7) is 2.17. The molecule has 0 aromatic rings. The van der Waals surface area contributed by atoms with Gasteiger partial charge in [0, 0.05) is 0 Å². The molecular weight excluding hydrogens is 144 g/mol. The molecule has 5 heteroatoms. The van der Waals surface area contributed by atoms with Crippen molar-refractivity contribution in [3.8, 4) is 0 Å². The lowest BCUT2D eigenvalue weighted by Gasteiger charge is -2.22. The van der Waals surface area contributed by atoms with Crippen molar-refractivity contribution in [1.29, 1.82) is 0 Å². The molecule has 3 nitrogen and oxygen atoms in total. The fraction of sp³-hybridized carbons (Fsp3) is 0.800. The summed E-state index contributed by atoms with van der Waals surface area (Å²) in [4.78, 5) is 9.99. The quantitative estimate of drug-likeness (QED) is 0.646. The Morgan fingerprint density at radius 1 is 1.60 bits per heavy atom. The Hall–Kier alpha value is -0.870. The van der Waals surface area contributed by atoms with Gasteiger partial charge in [-0.15, -0.1) is 0 Å². The molecule has 0 unspecified atom stereocenters. The zero-order valence-corrected chi connectivity index (χ0v) is 5.73. The molecule has 0 atom stereocenters. The maximum atomic E-state index is 11.8. The van der Waals surface area contributed by atoms with Gasteiger partial charge in [-0.25, -0.2) is 13.6 Å². The Morgan fingerprint density at radius 2 is 2.00 bits per heavy atom.